The quantitative estimate of drug-likeness (QED) is 0.521. The number of benzene rings is 2. The minimum Gasteiger partial charge on any atom is -0.544 e. The summed E-state index contributed by atoms with van der Waals surface area (Å²) in [6.07, 6.45) is -2.45. The lowest BCUT2D eigenvalue weighted by Crippen LogP contribution is -2.47. The zero-order valence-electron chi connectivity index (χ0n) is 11.8. The van der Waals surface area contributed by atoms with Gasteiger partial charge in [-0.1, -0.05) is 30.3 Å². The van der Waals surface area contributed by atoms with Crippen LogP contribution in [0.1, 0.15) is 22.0 Å². The summed E-state index contributed by atoms with van der Waals surface area (Å²) >= 11 is 1.80. The van der Waals surface area contributed by atoms with Gasteiger partial charge in [0.25, 0.3) is 0 Å². The highest BCUT2D eigenvalue weighted by Crippen LogP contribution is 2.35. The van der Waals surface area contributed by atoms with Crippen molar-refractivity contribution in [3.8, 4) is 0 Å². The number of carbonyl (C=O) groups is 2. The molecule has 1 atom stereocenters. The topological polar surface area (TPSA) is 66.4 Å². The molecule has 8 heteroatoms. The van der Waals surface area contributed by atoms with Crippen molar-refractivity contribution in [2.24, 2.45) is 0 Å². The van der Waals surface area contributed by atoms with E-state index in [4.69, 9.17) is 0 Å². The van der Waals surface area contributed by atoms with Crippen molar-refractivity contribution in [1.29, 1.82) is 0 Å². The van der Waals surface area contributed by atoms with Crippen molar-refractivity contribution >= 4 is 34.5 Å². The van der Waals surface area contributed by atoms with E-state index in [9.17, 15) is 27.9 Å². The summed E-state index contributed by atoms with van der Waals surface area (Å²) < 4.78 is 46.7. The van der Waals surface area contributed by atoms with Crippen LogP contribution >= 0.6 is 22.6 Å². The molecule has 24 heavy (non-hydrogen) atoms. The van der Waals surface area contributed by atoms with Crippen LogP contribution in [0.15, 0.2) is 48.5 Å². The summed E-state index contributed by atoms with van der Waals surface area (Å²) in [7, 11) is 0. The van der Waals surface area contributed by atoms with Crippen LogP contribution in [-0.4, -0.2) is 17.9 Å². The summed E-state index contributed by atoms with van der Waals surface area (Å²) in [5.41, 5.74) is -0.830. The fourth-order valence-electron chi connectivity index (χ4n) is 1.91. The SMILES string of the molecule is O=C(OC(c1ccccc1)C(F)(F)C(=O)[O-])c1cc(I)ccc1F. The van der Waals surface area contributed by atoms with E-state index in [1.807, 2.05) is 0 Å². The predicted molar refractivity (Wildman–Crippen MR) is 83.7 cm³/mol. The van der Waals surface area contributed by atoms with Gasteiger partial charge in [0, 0.05) is 3.57 Å². The molecule has 2 rings (SSSR count). The highest BCUT2D eigenvalue weighted by atomic mass is 127. The van der Waals surface area contributed by atoms with Crippen LogP contribution in [0.25, 0.3) is 0 Å². The molecule has 4 nitrogen and oxygen atoms in total. The molecule has 2 aromatic rings. The average molecular weight is 449 g/mol. The van der Waals surface area contributed by atoms with E-state index in [1.165, 1.54) is 36.4 Å². The second-order valence-corrected chi connectivity index (χ2v) is 5.98. The van der Waals surface area contributed by atoms with E-state index in [-0.39, 0.29) is 5.56 Å². The Kier molecular flexibility index (Phi) is 5.47. The molecule has 0 fully saturated rings. The minimum absolute atomic E-state index is 0.258. The lowest BCUT2D eigenvalue weighted by atomic mass is 10.0. The number of rotatable bonds is 5. The van der Waals surface area contributed by atoms with Gasteiger partial charge in [0.05, 0.1) is 5.56 Å². The van der Waals surface area contributed by atoms with Gasteiger partial charge in [0.1, 0.15) is 11.8 Å². The first-order chi connectivity index (χ1) is 11.2. The largest absolute Gasteiger partial charge is 0.544 e. The summed E-state index contributed by atoms with van der Waals surface area (Å²) in [4.78, 5) is 22.8. The summed E-state index contributed by atoms with van der Waals surface area (Å²) in [6.45, 7) is 0. The van der Waals surface area contributed by atoms with Gasteiger partial charge in [0.15, 0.2) is 6.10 Å². The summed E-state index contributed by atoms with van der Waals surface area (Å²) in [5, 5.41) is 10.7. The molecule has 0 aliphatic rings. The third-order valence-electron chi connectivity index (χ3n) is 3.08. The first-order valence-corrected chi connectivity index (χ1v) is 7.61. The van der Waals surface area contributed by atoms with Gasteiger partial charge >= 0.3 is 11.9 Å². The van der Waals surface area contributed by atoms with Gasteiger partial charge in [-0.3, -0.25) is 0 Å². The monoisotopic (exact) mass is 449 g/mol. The molecule has 0 heterocycles. The Morgan fingerprint density at radius 3 is 2.33 bits per heavy atom. The van der Waals surface area contributed by atoms with Crippen molar-refractivity contribution < 1.29 is 32.6 Å². The zero-order valence-corrected chi connectivity index (χ0v) is 14.0. The maximum absolute atomic E-state index is 13.9. The first kappa shape index (κ1) is 18.2. The van der Waals surface area contributed by atoms with Crippen LogP contribution < -0.4 is 5.11 Å². The average Bonchev–Trinajstić information content (AvgIpc) is 2.55. The number of carboxylic acid groups (broad SMARTS) is 1. The number of aliphatic carboxylic acids is 1. The van der Waals surface area contributed by atoms with Crippen molar-refractivity contribution in [2.45, 2.75) is 12.0 Å². The van der Waals surface area contributed by atoms with Crippen molar-refractivity contribution in [3.05, 3.63) is 69.0 Å². The van der Waals surface area contributed by atoms with Crippen molar-refractivity contribution in [2.75, 3.05) is 0 Å². The molecule has 2 aromatic carbocycles. The highest BCUT2D eigenvalue weighted by Gasteiger charge is 2.45. The second kappa shape index (κ2) is 7.20. The zero-order chi connectivity index (χ0) is 17.9. The maximum atomic E-state index is 13.9. The highest BCUT2D eigenvalue weighted by molar-refractivity contribution is 14.1. The van der Waals surface area contributed by atoms with E-state index in [0.29, 0.717) is 3.57 Å². The van der Waals surface area contributed by atoms with Gasteiger partial charge in [-0.25, -0.2) is 9.18 Å². The Labute approximate surface area is 148 Å². The van der Waals surface area contributed by atoms with Crippen LogP contribution in [0.5, 0.6) is 0 Å². The van der Waals surface area contributed by atoms with Crippen molar-refractivity contribution in [3.63, 3.8) is 0 Å². The summed E-state index contributed by atoms with van der Waals surface area (Å²) in [6, 6.07) is 10.0. The van der Waals surface area contributed by atoms with Gasteiger partial charge in [0.2, 0.25) is 0 Å². The van der Waals surface area contributed by atoms with Gasteiger partial charge < -0.3 is 14.6 Å². The Bertz CT molecular complexity index is 765. The van der Waals surface area contributed by atoms with Gasteiger partial charge in [-0.2, -0.15) is 8.78 Å². The van der Waals surface area contributed by atoms with Crippen molar-refractivity contribution in [1.82, 2.24) is 0 Å². The Hall–Kier alpha value is -2.10. The Balaban J connectivity index is 2.41. The molecular formula is C16H9F3IO4-. The van der Waals surface area contributed by atoms with E-state index in [2.05, 4.69) is 4.74 Å². The number of ether oxygens (including phenoxy) is 1. The number of alkyl halides is 2. The van der Waals surface area contributed by atoms with Crippen LogP contribution in [0.4, 0.5) is 13.2 Å². The molecule has 0 bridgehead atoms. The number of hydrogen-bond donors (Lipinski definition) is 0. The number of halogens is 4. The van der Waals surface area contributed by atoms with Gasteiger partial charge in [-0.15, -0.1) is 0 Å². The predicted octanol–water partition coefficient (Wildman–Crippen LogP) is 2.71. The fourth-order valence-corrected chi connectivity index (χ4v) is 2.40. The maximum Gasteiger partial charge on any atom is 0.342 e. The molecule has 0 saturated carbocycles. The first-order valence-electron chi connectivity index (χ1n) is 6.53. The van der Waals surface area contributed by atoms with Gasteiger partial charge in [-0.05, 0) is 46.4 Å². The molecule has 0 N–H and O–H groups in total. The Morgan fingerprint density at radius 1 is 1.12 bits per heavy atom. The lowest BCUT2D eigenvalue weighted by Gasteiger charge is -2.27. The third-order valence-corrected chi connectivity index (χ3v) is 3.75. The minimum atomic E-state index is -4.49. The lowest BCUT2D eigenvalue weighted by molar-refractivity contribution is -0.336. The Morgan fingerprint density at radius 2 is 1.75 bits per heavy atom. The molecule has 0 spiro atoms. The molecule has 0 aromatic heterocycles. The number of carboxylic acids is 1. The second-order valence-electron chi connectivity index (χ2n) is 4.73. The molecule has 0 amide bonds. The van der Waals surface area contributed by atoms with Crippen LogP contribution in [-0.2, 0) is 9.53 Å². The van der Waals surface area contributed by atoms with E-state index >= 15 is 0 Å². The fraction of sp³-hybridized carbons (Fsp3) is 0.125. The number of esters is 1. The molecule has 0 saturated heterocycles. The normalized spacial score (nSPS) is 12.5. The summed E-state index contributed by atoms with van der Waals surface area (Å²) in [5.74, 6) is -9.56. The third kappa shape index (κ3) is 3.86. The number of carbonyl (C=O) groups excluding carboxylic acids is 2. The number of hydrogen-bond acceptors (Lipinski definition) is 4. The van der Waals surface area contributed by atoms with E-state index in [0.717, 1.165) is 12.1 Å². The van der Waals surface area contributed by atoms with Crippen LogP contribution in [0.2, 0.25) is 0 Å². The van der Waals surface area contributed by atoms with Crippen LogP contribution in [0, 0.1) is 9.39 Å². The molecular weight excluding hydrogens is 440 g/mol. The van der Waals surface area contributed by atoms with Crippen LogP contribution in [0.3, 0.4) is 0 Å². The molecule has 0 aliphatic heterocycles. The smallest absolute Gasteiger partial charge is 0.342 e. The van der Waals surface area contributed by atoms with E-state index < -0.39 is 35.3 Å². The molecule has 0 radical (unpaired) electrons. The van der Waals surface area contributed by atoms with E-state index in [1.54, 1.807) is 22.6 Å². The molecule has 1 unspecified atom stereocenters. The molecule has 0 aliphatic carbocycles. The standard InChI is InChI=1S/C16H10F3IO4/c17-12-7-6-10(20)8-11(12)14(21)24-13(16(18,19)15(22)23)9-4-2-1-3-5-9/h1-8,13H,(H,22,23)/p-1. The molecule has 126 valence electrons.